The van der Waals surface area contributed by atoms with Crippen LogP contribution in [0.25, 0.3) is 11.0 Å². The van der Waals surface area contributed by atoms with Crippen molar-refractivity contribution in [2.45, 2.75) is 25.8 Å². The summed E-state index contributed by atoms with van der Waals surface area (Å²) in [5.41, 5.74) is 1.72. The predicted molar refractivity (Wildman–Crippen MR) is 76.0 cm³/mol. The molecule has 2 unspecified atom stereocenters. The molecule has 5 heteroatoms. The van der Waals surface area contributed by atoms with E-state index < -0.39 is 0 Å². The van der Waals surface area contributed by atoms with Crippen molar-refractivity contribution in [1.82, 2.24) is 20.5 Å². The third-order valence-electron chi connectivity index (χ3n) is 3.76. The summed E-state index contributed by atoms with van der Waals surface area (Å²) in [6.45, 7) is 4.39. The van der Waals surface area contributed by atoms with Crippen molar-refractivity contribution in [1.29, 1.82) is 0 Å². The van der Waals surface area contributed by atoms with E-state index >= 15 is 0 Å². The Morgan fingerprint density at radius 1 is 1.26 bits per heavy atom. The molecule has 1 aromatic carbocycles. The lowest BCUT2D eigenvalue weighted by Gasteiger charge is -2.28. The maximum Gasteiger partial charge on any atom is 0.243 e. The predicted octanol–water partition coefficient (Wildman–Crippen LogP) is 1.82. The first-order chi connectivity index (χ1) is 9.33. The maximum atomic E-state index is 4.50. The average Bonchev–Trinajstić information content (AvgIpc) is 2.48. The van der Waals surface area contributed by atoms with Gasteiger partial charge >= 0.3 is 0 Å². The number of fused-ring (bicyclic) bond motifs is 1. The lowest BCUT2D eigenvalue weighted by molar-refractivity contribution is 0.346. The van der Waals surface area contributed by atoms with Crippen LogP contribution in [0.1, 0.15) is 19.8 Å². The fourth-order valence-electron chi connectivity index (χ4n) is 2.57. The second kappa shape index (κ2) is 5.48. The zero-order valence-electron chi connectivity index (χ0n) is 11.1. The van der Waals surface area contributed by atoms with Crippen molar-refractivity contribution in [3.8, 4) is 0 Å². The summed E-state index contributed by atoms with van der Waals surface area (Å²) in [6.07, 6.45) is 2.50. The molecule has 2 heterocycles. The molecule has 5 nitrogen and oxygen atoms in total. The van der Waals surface area contributed by atoms with Gasteiger partial charge in [0.1, 0.15) is 5.52 Å². The lowest BCUT2D eigenvalue weighted by atomic mass is 9.93. The highest BCUT2D eigenvalue weighted by molar-refractivity contribution is 5.74. The van der Waals surface area contributed by atoms with Gasteiger partial charge < -0.3 is 10.6 Å². The third-order valence-corrected chi connectivity index (χ3v) is 3.76. The van der Waals surface area contributed by atoms with Crippen molar-refractivity contribution in [2.24, 2.45) is 5.92 Å². The summed E-state index contributed by atoms with van der Waals surface area (Å²) in [5, 5.41) is 15.2. The molecular formula is C14H19N5. The van der Waals surface area contributed by atoms with Crippen LogP contribution in [0.3, 0.4) is 0 Å². The molecule has 2 aromatic rings. The Bertz CT molecular complexity index is 550. The average molecular weight is 257 g/mol. The van der Waals surface area contributed by atoms with E-state index in [0.29, 0.717) is 17.9 Å². The molecule has 1 aliphatic rings. The Balaban J connectivity index is 1.73. The molecule has 0 radical (unpaired) electrons. The van der Waals surface area contributed by atoms with Crippen LogP contribution in [0.5, 0.6) is 0 Å². The molecule has 0 amide bonds. The molecule has 100 valence electrons. The normalized spacial score (nSPS) is 21.2. The van der Waals surface area contributed by atoms with Gasteiger partial charge in [-0.25, -0.2) is 4.98 Å². The summed E-state index contributed by atoms with van der Waals surface area (Å²) >= 11 is 0. The third kappa shape index (κ3) is 2.81. The molecule has 1 saturated heterocycles. The van der Waals surface area contributed by atoms with E-state index in [0.717, 1.165) is 24.1 Å². The molecule has 19 heavy (non-hydrogen) atoms. The summed E-state index contributed by atoms with van der Waals surface area (Å²) in [6, 6.07) is 8.16. The SMILES string of the molecule is CC(Nc1nnc2ccccc2n1)C1CCCNC1. The van der Waals surface area contributed by atoms with Gasteiger partial charge in [0, 0.05) is 6.04 Å². The van der Waals surface area contributed by atoms with Crippen LogP contribution in [-0.2, 0) is 0 Å². The van der Waals surface area contributed by atoms with Gasteiger partial charge in [-0.15, -0.1) is 10.2 Å². The number of nitrogens with one attached hydrogen (secondary N) is 2. The number of piperidine rings is 1. The Morgan fingerprint density at radius 2 is 2.11 bits per heavy atom. The van der Waals surface area contributed by atoms with Crippen molar-refractivity contribution < 1.29 is 0 Å². The number of hydrogen-bond acceptors (Lipinski definition) is 5. The number of hydrogen-bond donors (Lipinski definition) is 2. The van der Waals surface area contributed by atoms with E-state index in [2.05, 4.69) is 32.7 Å². The van der Waals surface area contributed by atoms with E-state index in [1.54, 1.807) is 0 Å². The molecule has 0 bridgehead atoms. The first-order valence-corrected chi connectivity index (χ1v) is 6.89. The van der Waals surface area contributed by atoms with Gasteiger partial charge in [0.05, 0.1) is 5.52 Å². The van der Waals surface area contributed by atoms with Crippen molar-refractivity contribution >= 4 is 17.0 Å². The molecule has 3 rings (SSSR count). The van der Waals surface area contributed by atoms with E-state index in [-0.39, 0.29) is 0 Å². The van der Waals surface area contributed by atoms with E-state index in [9.17, 15) is 0 Å². The Hall–Kier alpha value is -1.75. The van der Waals surface area contributed by atoms with Gasteiger partial charge in [-0.2, -0.15) is 0 Å². The first-order valence-electron chi connectivity index (χ1n) is 6.89. The smallest absolute Gasteiger partial charge is 0.243 e. The zero-order chi connectivity index (χ0) is 13.1. The van der Waals surface area contributed by atoms with Crippen LogP contribution in [0, 0.1) is 5.92 Å². The van der Waals surface area contributed by atoms with Gasteiger partial charge in [-0.3, -0.25) is 0 Å². The minimum Gasteiger partial charge on any atom is -0.350 e. The van der Waals surface area contributed by atoms with Crippen molar-refractivity contribution in [3.63, 3.8) is 0 Å². The first kappa shape index (κ1) is 12.3. The molecule has 1 aromatic heterocycles. The van der Waals surface area contributed by atoms with Crippen LogP contribution >= 0.6 is 0 Å². The molecular weight excluding hydrogens is 238 g/mol. The largest absolute Gasteiger partial charge is 0.350 e. The number of aromatic nitrogens is 3. The zero-order valence-corrected chi connectivity index (χ0v) is 11.1. The monoisotopic (exact) mass is 257 g/mol. The molecule has 2 N–H and O–H groups in total. The van der Waals surface area contributed by atoms with Gasteiger partial charge in [0.25, 0.3) is 0 Å². The summed E-state index contributed by atoms with van der Waals surface area (Å²) in [7, 11) is 0. The van der Waals surface area contributed by atoms with Crippen LogP contribution in [0.4, 0.5) is 5.95 Å². The summed E-state index contributed by atoms with van der Waals surface area (Å²) in [5.74, 6) is 1.25. The standard InChI is InChI=1S/C14H19N5/c1-10(11-5-4-8-15-9-11)16-14-17-12-6-2-3-7-13(12)18-19-14/h2-3,6-7,10-11,15H,4-5,8-9H2,1H3,(H,16,17,19). The maximum absolute atomic E-state index is 4.50. The number of para-hydroxylation sites is 1. The highest BCUT2D eigenvalue weighted by Gasteiger charge is 2.20. The summed E-state index contributed by atoms with van der Waals surface area (Å²) in [4.78, 5) is 4.50. The second-order valence-electron chi connectivity index (χ2n) is 5.16. The van der Waals surface area contributed by atoms with Crippen LogP contribution in [0.15, 0.2) is 24.3 Å². The number of nitrogens with zero attached hydrogens (tertiary/aromatic N) is 3. The summed E-state index contributed by atoms with van der Waals surface area (Å²) < 4.78 is 0. The van der Waals surface area contributed by atoms with E-state index in [1.807, 2.05) is 24.3 Å². The molecule has 2 atom stereocenters. The molecule has 0 saturated carbocycles. The number of benzene rings is 1. The molecule has 1 aliphatic heterocycles. The second-order valence-corrected chi connectivity index (χ2v) is 5.16. The van der Waals surface area contributed by atoms with E-state index in [1.165, 1.54) is 12.8 Å². The Labute approximate surface area is 112 Å². The van der Waals surface area contributed by atoms with Crippen LogP contribution in [-0.4, -0.2) is 34.3 Å². The van der Waals surface area contributed by atoms with E-state index in [4.69, 9.17) is 0 Å². The van der Waals surface area contributed by atoms with Crippen molar-refractivity contribution in [2.75, 3.05) is 18.4 Å². The number of anilines is 1. The number of rotatable bonds is 3. The minimum atomic E-state index is 0.357. The van der Waals surface area contributed by atoms with Gasteiger partial charge in [0.15, 0.2) is 0 Å². The molecule has 0 aliphatic carbocycles. The minimum absolute atomic E-state index is 0.357. The van der Waals surface area contributed by atoms with Gasteiger partial charge in [-0.1, -0.05) is 12.1 Å². The quantitative estimate of drug-likeness (QED) is 0.878. The fraction of sp³-hybridized carbons (Fsp3) is 0.500. The Morgan fingerprint density at radius 3 is 2.89 bits per heavy atom. The highest BCUT2D eigenvalue weighted by Crippen LogP contribution is 2.17. The van der Waals surface area contributed by atoms with Crippen LogP contribution in [0.2, 0.25) is 0 Å². The topological polar surface area (TPSA) is 62.7 Å². The van der Waals surface area contributed by atoms with Crippen molar-refractivity contribution in [3.05, 3.63) is 24.3 Å². The fourth-order valence-corrected chi connectivity index (χ4v) is 2.57. The Kier molecular flexibility index (Phi) is 3.55. The molecule has 0 spiro atoms. The van der Waals surface area contributed by atoms with Gasteiger partial charge in [0.2, 0.25) is 5.95 Å². The highest BCUT2D eigenvalue weighted by atomic mass is 15.2. The molecule has 1 fully saturated rings. The van der Waals surface area contributed by atoms with Crippen LogP contribution < -0.4 is 10.6 Å². The lowest BCUT2D eigenvalue weighted by Crippen LogP contribution is -2.39. The van der Waals surface area contributed by atoms with Gasteiger partial charge in [-0.05, 0) is 50.9 Å².